The molecule has 0 aliphatic carbocycles. The van der Waals surface area contributed by atoms with Gasteiger partial charge in [0.1, 0.15) is 5.82 Å². The van der Waals surface area contributed by atoms with Gasteiger partial charge in [0, 0.05) is 45.8 Å². The van der Waals surface area contributed by atoms with Crippen LogP contribution in [0.2, 0.25) is 0 Å². The Hall–Kier alpha value is -1.66. The molecule has 0 spiro atoms. The molecule has 0 saturated carbocycles. The van der Waals surface area contributed by atoms with Crippen LogP contribution in [-0.4, -0.2) is 46.9 Å². The van der Waals surface area contributed by atoms with Crippen LogP contribution in [0.25, 0.3) is 0 Å². The number of hydrogen-bond donors (Lipinski definition) is 2. The van der Waals surface area contributed by atoms with Crippen molar-refractivity contribution in [3.05, 3.63) is 23.9 Å². The summed E-state index contributed by atoms with van der Waals surface area (Å²) in [6, 6.07) is 3.89. The summed E-state index contributed by atoms with van der Waals surface area (Å²) in [6.45, 7) is 6.10. The van der Waals surface area contributed by atoms with Crippen LogP contribution >= 0.6 is 0 Å². The van der Waals surface area contributed by atoms with Crippen LogP contribution in [0, 0.1) is 0 Å². The van der Waals surface area contributed by atoms with Crippen LogP contribution in [0.15, 0.2) is 18.3 Å². The Labute approximate surface area is 113 Å². The van der Waals surface area contributed by atoms with Gasteiger partial charge in [-0.25, -0.2) is 10.8 Å². The molecule has 1 fully saturated rings. The van der Waals surface area contributed by atoms with E-state index < -0.39 is 0 Å². The summed E-state index contributed by atoms with van der Waals surface area (Å²) in [6.07, 6.45) is 2.86. The number of amides is 1. The lowest BCUT2D eigenvalue weighted by Crippen LogP contribution is -2.33. The van der Waals surface area contributed by atoms with Crippen molar-refractivity contribution in [1.82, 2.24) is 14.8 Å². The first-order valence-electron chi connectivity index (χ1n) is 6.58. The van der Waals surface area contributed by atoms with E-state index in [0.29, 0.717) is 5.82 Å². The van der Waals surface area contributed by atoms with E-state index in [4.69, 9.17) is 5.84 Å². The van der Waals surface area contributed by atoms with Crippen LogP contribution in [0.4, 0.5) is 5.82 Å². The normalized spacial score (nSPS) is 17.1. The highest BCUT2D eigenvalue weighted by molar-refractivity contribution is 5.73. The predicted molar refractivity (Wildman–Crippen MR) is 74.2 cm³/mol. The molecule has 6 nitrogen and oxygen atoms in total. The number of pyridine rings is 1. The van der Waals surface area contributed by atoms with Crippen LogP contribution in [0.3, 0.4) is 0 Å². The van der Waals surface area contributed by atoms with Gasteiger partial charge in [0.25, 0.3) is 0 Å². The second-order valence-electron chi connectivity index (χ2n) is 4.83. The lowest BCUT2D eigenvalue weighted by Gasteiger charge is -2.21. The first-order chi connectivity index (χ1) is 9.19. The third-order valence-electron chi connectivity index (χ3n) is 3.41. The maximum Gasteiger partial charge on any atom is 0.219 e. The lowest BCUT2D eigenvalue weighted by atomic mass is 10.2. The van der Waals surface area contributed by atoms with E-state index in [0.717, 1.165) is 44.7 Å². The van der Waals surface area contributed by atoms with E-state index in [2.05, 4.69) is 15.3 Å². The number of rotatable bonds is 3. The number of aromatic nitrogens is 1. The molecule has 2 rings (SSSR count). The van der Waals surface area contributed by atoms with Gasteiger partial charge in [-0.15, -0.1) is 0 Å². The van der Waals surface area contributed by atoms with Gasteiger partial charge in [0.05, 0.1) is 0 Å². The van der Waals surface area contributed by atoms with E-state index in [-0.39, 0.29) is 5.91 Å². The number of hydrogen-bond acceptors (Lipinski definition) is 5. The number of anilines is 1. The molecule has 1 aromatic rings. The smallest absolute Gasteiger partial charge is 0.219 e. The molecule has 1 saturated heterocycles. The number of nitrogens with zero attached hydrogens (tertiary/aromatic N) is 3. The molecule has 1 aromatic heterocycles. The summed E-state index contributed by atoms with van der Waals surface area (Å²) in [4.78, 5) is 19.8. The molecule has 104 valence electrons. The first-order valence-corrected chi connectivity index (χ1v) is 6.58. The van der Waals surface area contributed by atoms with Crippen molar-refractivity contribution < 1.29 is 4.79 Å². The molecule has 0 radical (unpaired) electrons. The predicted octanol–water partition coefficient (Wildman–Crippen LogP) is 0.421. The molecule has 1 amide bonds. The maximum atomic E-state index is 11.4. The average Bonchev–Trinajstić information content (AvgIpc) is 2.65. The van der Waals surface area contributed by atoms with Crippen LogP contribution in [0.1, 0.15) is 18.9 Å². The SMILES string of the molecule is CC(=O)N1CCCN(Cc2ccc(NN)nc2)CC1. The number of nitrogen functional groups attached to an aromatic ring is 1. The van der Waals surface area contributed by atoms with Gasteiger partial charge in [0.2, 0.25) is 5.91 Å². The molecular formula is C13H21N5O. The van der Waals surface area contributed by atoms with Gasteiger partial charge in [-0.3, -0.25) is 9.69 Å². The quantitative estimate of drug-likeness (QED) is 0.611. The van der Waals surface area contributed by atoms with Crippen molar-refractivity contribution in [1.29, 1.82) is 0 Å². The second kappa shape index (κ2) is 6.49. The van der Waals surface area contributed by atoms with E-state index in [1.165, 1.54) is 0 Å². The molecule has 0 bridgehead atoms. The fourth-order valence-corrected chi connectivity index (χ4v) is 2.31. The van der Waals surface area contributed by atoms with Gasteiger partial charge >= 0.3 is 0 Å². The number of nitrogens with one attached hydrogen (secondary N) is 1. The minimum atomic E-state index is 0.168. The topological polar surface area (TPSA) is 74.5 Å². The molecule has 19 heavy (non-hydrogen) atoms. The molecule has 1 aliphatic heterocycles. The van der Waals surface area contributed by atoms with Crippen molar-refractivity contribution in [2.75, 3.05) is 31.6 Å². The number of carbonyl (C=O) groups excluding carboxylic acids is 1. The molecular weight excluding hydrogens is 242 g/mol. The molecule has 0 unspecified atom stereocenters. The molecule has 6 heteroatoms. The largest absolute Gasteiger partial charge is 0.342 e. The molecule has 1 aliphatic rings. The summed E-state index contributed by atoms with van der Waals surface area (Å²) in [7, 11) is 0. The third-order valence-corrected chi connectivity index (χ3v) is 3.41. The van der Waals surface area contributed by atoms with Gasteiger partial charge < -0.3 is 10.3 Å². The fourth-order valence-electron chi connectivity index (χ4n) is 2.31. The molecule has 2 heterocycles. The number of nitrogens with two attached hydrogens (primary N) is 1. The Balaban J connectivity index is 1.90. The first kappa shape index (κ1) is 13.8. The lowest BCUT2D eigenvalue weighted by molar-refractivity contribution is -0.128. The van der Waals surface area contributed by atoms with Crippen molar-refractivity contribution >= 4 is 11.7 Å². The van der Waals surface area contributed by atoms with Crippen molar-refractivity contribution in [3.8, 4) is 0 Å². The van der Waals surface area contributed by atoms with Crippen molar-refractivity contribution in [2.45, 2.75) is 19.9 Å². The average molecular weight is 263 g/mol. The Kier molecular flexibility index (Phi) is 4.70. The van der Waals surface area contributed by atoms with Gasteiger partial charge in [-0.1, -0.05) is 6.07 Å². The summed E-state index contributed by atoms with van der Waals surface area (Å²) >= 11 is 0. The van der Waals surface area contributed by atoms with Crippen LogP contribution < -0.4 is 11.3 Å². The summed E-state index contributed by atoms with van der Waals surface area (Å²) < 4.78 is 0. The molecule has 3 N–H and O–H groups in total. The Morgan fingerprint density at radius 2 is 2.21 bits per heavy atom. The Morgan fingerprint density at radius 3 is 2.84 bits per heavy atom. The maximum absolute atomic E-state index is 11.4. The zero-order valence-corrected chi connectivity index (χ0v) is 11.3. The van der Waals surface area contributed by atoms with Gasteiger partial charge in [-0.2, -0.15) is 0 Å². The monoisotopic (exact) mass is 263 g/mol. The minimum absolute atomic E-state index is 0.168. The van der Waals surface area contributed by atoms with Gasteiger partial charge in [-0.05, 0) is 18.1 Å². The van der Waals surface area contributed by atoms with Crippen molar-refractivity contribution in [2.24, 2.45) is 5.84 Å². The van der Waals surface area contributed by atoms with Crippen molar-refractivity contribution in [3.63, 3.8) is 0 Å². The third kappa shape index (κ3) is 3.90. The van der Waals surface area contributed by atoms with E-state index in [1.54, 1.807) is 6.92 Å². The fraction of sp³-hybridized carbons (Fsp3) is 0.538. The highest BCUT2D eigenvalue weighted by atomic mass is 16.2. The summed E-state index contributed by atoms with van der Waals surface area (Å²) in [5.74, 6) is 6.13. The zero-order chi connectivity index (χ0) is 13.7. The number of carbonyl (C=O) groups is 1. The van der Waals surface area contributed by atoms with Crippen LogP contribution in [0.5, 0.6) is 0 Å². The Bertz CT molecular complexity index is 420. The minimum Gasteiger partial charge on any atom is -0.342 e. The second-order valence-corrected chi connectivity index (χ2v) is 4.83. The zero-order valence-electron chi connectivity index (χ0n) is 11.3. The van der Waals surface area contributed by atoms with E-state index in [1.807, 2.05) is 23.2 Å². The van der Waals surface area contributed by atoms with E-state index >= 15 is 0 Å². The highest BCUT2D eigenvalue weighted by Crippen LogP contribution is 2.10. The highest BCUT2D eigenvalue weighted by Gasteiger charge is 2.16. The standard InChI is InChI=1S/C13H21N5O/c1-11(19)18-6-2-5-17(7-8-18)10-12-3-4-13(16-14)15-9-12/h3-4,9H,2,5-8,10,14H2,1H3,(H,15,16). The molecule has 0 atom stereocenters. The molecule has 0 aromatic carbocycles. The number of hydrazine groups is 1. The van der Waals surface area contributed by atoms with Crippen LogP contribution in [-0.2, 0) is 11.3 Å². The summed E-state index contributed by atoms with van der Waals surface area (Å²) in [5.41, 5.74) is 3.68. The van der Waals surface area contributed by atoms with Gasteiger partial charge in [0.15, 0.2) is 0 Å². The summed E-state index contributed by atoms with van der Waals surface area (Å²) in [5, 5.41) is 0. The van der Waals surface area contributed by atoms with E-state index in [9.17, 15) is 4.79 Å². The Morgan fingerprint density at radius 1 is 1.37 bits per heavy atom.